The molecule has 4 heteroatoms. The Morgan fingerprint density at radius 1 is 1.31 bits per heavy atom. The van der Waals surface area contributed by atoms with Gasteiger partial charge in [0.2, 0.25) is 0 Å². The summed E-state index contributed by atoms with van der Waals surface area (Å²) < 4.78 is 7.25. The lowest BCUT2D eigenvalue weighted by Crippen LogP contribution is -2.24. The van der Waals surface area contributed by atoms with Gasteiger partial charge in [0, 0.05) is 25.0 Å². The normalized spacial score (nSPS) is 19.0. The van der Waals surface area contributed by atoms with Gasteiger partial charge in [0.1, 0.15) is 5.60 Å². The highest BCUT2D eigenvalue weighted by atomic mass is 32.2. The van der Waals surface area contributed by atoms with Gasteiger partial charge in [-0.1, -0.05) is 0 Å². The van der Waals surface area contributed by atoms with E-state index < -0.39 is 0 Å². The summed E-state index contributed by atoms with van der Waals surface area (Å²) in [5, 5.41) is -0.186. The molecule has 76 valence electrons. The summed E-state index contributed by atoms with van der Waals surface area (Å²) >= 11 is 1.21. The van der Waals surface area contributed by atoms with Crippen LogP contribution in [0.5, 0.6) is 0 Å². The maximum atomic E-state index is 11.3. The number of rotatable bonds is 1. The molecule has 0 N–H and O–H groups in total. The van der Waals surface area contributed by atoms with E-state index in [0.29, 0.717) is 0 Å². The number of nitrogens with zero attached hydrogens (tertiary/aromatic N) is 1. The molecule has 0 aromatic carbocycles. The monoisotopic (exact) mass is 203 g/mol. The zero-order valence-corrected chi connectivity index (χ0v) is 9.32. The predicted octanol–water partition coefficient (Wildman–Crippen LogP) is 2.67. The van der Waals surface area contributed by atoms with Crippen LogP contribution >= 0.6 is 11.9 Å². The van der Waals surface area contributed by atoms with Gasteiger partial charge in [-0.15, -0.1) is 0 Å². The van der Waals surface area contributed by atoms with Crippen molar-refractivity contribution in [3.8, 4) is 0 Å². The van der Waals surface area contributed by atoms with E-state index in [1.54, 1.807) is 0 Å². The van der Waals surface area contributed by atoms with Crippen molar-refractivity contribution < 1.29 is 9.53 Å². The third-order valence-corrected chi connectivity index (χ3v) is 2.51. The Balaban J connectivity index is 2.24. The zero-order valence-electron chi connectivity index (χ0n) is 8.50. The van der Waals surface area contributed by atoms with Crippen molar-refractivity contribution >= 4 is 17.2 Å². The van der Waals surface area contributed by atoms with Crippen LogP contribution in [-0.2, 0) is 4.74 Å². The second-order valence-electron chi connectivity index (χ2n) is 4.19. The lowest BCUT2D eigenvalue weighted by Gasteiger charge is -2.20. The molecule has 0 saturated carbocycles. The molecule has 0 aromatic rings. The Hall–Kier alpha value is -0.220. The minimum absolute atomic E-state index is 0.186. The van der Waals surface area contributed by atoms with E-state index in [9.17, 15) is 4.79 Å². The van der Waals surface area contributed by atoms with Gasteiger partial charge < -0.3 is 4.74 Å². The van der Waals surface area contributed by atoms with E-state index in [2.05, 4.69) is 4.31 Å². The van der Waals surface area contributed by atoms with Crippen LogP contribution in [0.3, 0.4) is 0 Å². The van der Waals surface area contributed by atoms with Gasteiger partial charge in [0.05, 0.1) is 0 Å². The SMILES string of the molecule is CC(C)(C)OC(=O)SN1CCCC1. The summed E-state index contributed by atoms with van der Waals surface area (Å²) in [5.41, 5.74) is -0.371. The quantitative estimate of drug-likeness (QED) is 0.484. The van der Waals surface area contributed by atoms with E-state index >= 15 is 0 Å². The van der Waals surface area contributed by atoms with Crippen LogP contribution in [0.25, 0.3) is 0 Å². The molecule has 1 saturated heterocycles. The molecule has 1 aliphatic rings. The highest BCUT2D eigenvalue weighted by Crippen LogP contribution is 2.22. The third-order valence-electron chi connectivity index (χ3n) is 1.66. The van der Waals surface area contributed by atoms with Crippen LogP contribution in [0.2, 0.25) is 0 Å². The Kier molecular flexibility index (Phi) is 3.62. The van der Waals surface area contributed by atoms with Gasteiger partial charge in [-0.25, -0.2) is 9.10 Å². The summed E-state index contributed by atoms with van der Waals surface area (Å²) in [7, 11) is 0. The van der Waals surface area contributed by atoms with Crippen LogP contribution in [0.4, 0.5) is 4.79 Å². The van der Waals surface area contributed by atoms with Crippen molar-refractivity contribution in [3.63, 3.8) is 0 Å². The van der Waals surface area contributed by atoms with Gasteiger partial charge in [-0.05, 0) is 33.6 Å². The minimum Gasteiger partial charge on any atom is -0.451 e. The third kappa shape index (κ3) is 4.52. The summed E-state index contributed by atoms with van der Waals surface area (Å²) in [6.45, 7) is 7.66. The van der Waals surface area contributed by atoms with E-state index in [1.807, 2.05) is 20.8 Å². The van der Waals surface area contributed by atoms with Crippen molar-refractivity contribution in [2.24, 2.45) is 0 Å². The van der Waals surface area contributed by atoms with Gasteiger partial charge in [0.25, 0.3) is 0 Å². The molecule has 1 rings (SSSR count). The maximum absolute atomic E-state index is 11.3. The van der Waals surface area contributed by atoms with Gasteiger partial charge in [0.15, 0.2) is 0 Å². The second kappa shape index (κ2) is 4.33. The molecule has 1 aliphatic heterocycles. The standard InChI is InChI=1S/C9H17NO2S/c1-9(2,3)12-8(11)13-10-6-4-5-7-10/h4-7H2,1-3H3. The van der Waals surface area contributed by atoms with Crippen LogP contribution < -0.4 is 0 Å². The molecular weight excluding hydrogens is 186 g/mol. The van der Waals surface area contributed by atoms with Gasteiger partial charge in [-0.3, -0.25) is 0 Å². The second-order valence-corrected chi connectivity index (χ2v) is 5.22. The molecular formula is C9H17NO2S. The molecule has 3 nitrogen and oxygen atoms in total. The lowest BCUT2D eigenvalue weighted by molar-refractivity contribution is 0.0732. The first kappa shape index (κ1) is 10.9. The van der Waals surface area contributed by atoms with Crippen LogP contribution in [0.15, 0.2) is 0 Å². The Labute approximate surface area is 83.9 Å². The molecule has 0 atom stereocenters. The fourth-order valence-corrected chi connectivity index (χ4v) is 2.09. The lowest BCUT2D eigenvalue weighted by atomic mass is 10.2. The highest BCUT2D eigenvalue weighted by molar-refractivity contribution is 8.11. The molecule has 0 aliphatic carbocycles. The van der Waals surface area contributed by atoms with Crippen molar-refractivity contribution in [2.45, 2.75) is 39.2 Å². The van der Waals surface area contributed by atoms with Crippen LogP contribution in [-0.4, -0.2) is 28.3 Å². The number of carbonyl (C=O) groups is 1. The van der Waals surface area contributed by atoms with E-state index in [4.69, 9.17) is 4.74 Å². The number of carbonyl (C=O) groups excluding carboxylic acids is 1. The molecule has 0 spiro atoms. The smallest absolute Gasteiger partial charge is 0.383 e. The molecule has 1 fully saturated rings. The minimum atomic E-state index is -0.371. The average Bonchev–Trinajstić information content (AvgIpc) is 2.34. The molecule has 0 unspecified atom stereocenters. The average molecular weight is 203 g/mol. The molecule has 0 radical (unpaired) electrons. The predicted molar refractivity (Wildman–Crippen MR) is 54.6 cm³/mol. The fourth-order valence-electron chi connectivity index (χ4n) is 1.15. The van der Waals surface area contributed by atoms with Crippen LogP contribution in [0, 0.1) is 0 Å². The first-order valence-electron chi connectivity index (χ1n) is 4.63. The molecule has 0 amide bonds. The van der Waals surface area contributed by atoms with Gasteiger partial charge >= 0.3 is 5.30 Å². The number of hydrogen-bond donors (Lipinski definition) is 0. The maximum Gasteiger partial charge on any atom is 0.383 e. The summed E-state index contributed by atoms with van der Waals surface area (Å²) in [6, 6.07) is 0. The summed E-state index contributed by atoms with van der Waals surface area (Å²) in [6.07, 6.45) is 2.38. The van der Waals surface area contributed by atoms with Crippen molar-refractivity contribution in [1.82, 2.24) is 4.31 Å². The van der Waals surface area contributed by atoms with Crippen molar-refractivity contribution in [2.75, 3.05) is 13.1 Å². The van der Waals surface area contributed by atoms with Crippen molar-refractivity contribution in [3.05, 3.63) is 0 Å². The highest BCUT2D eigenvalue weighted by Gasteiger charge is 2.21. The topological polar surface area (TPSA) is 29.5 Å². The fraction of sp³-hybridized carbons (Fsp3) is 0.889. The number of ether oxygens (including phenoxy) is 1. The van der Waals surface area contributed by atoms with E-state index in [-0.39, 0.29) is 10.9 Å². The summed E-state index contributed by atoms with van der Waals surface area (Å²) in [4.78, 5) is 11.3. The largest absolute Gasteiger partial charge is 0.451 e. The Morgan fingerprint density at radius 2 is 1.85 bits per heavy atom. The number of hydrogen-bond acceptors (Lipinski definition) is 4. The van der Waals surface area contributed by atoms with Crippen LogP contribution in [0.1, 0.15) is 33.6 Å². The Bertz CT molecular complexity index is 183. The van der Waals surface area contributed by atoms with E-state index in [0.717, 1.165) is 13.1 Å². The first-order chi connectivity index (χ1) is 5.97. The molecule has 0 bridgehead atoms. The van der Waals surface area contributed by atoms with E-state index in [1.165, 1.54) is 24.8 Å². The molecule has 13 heavy (non-hydrogen) atoms. The Morgan fingerprint density at radius 3 is 2.31 bits per heavy atom. The summed E-state index contributed by atoms with van der Waals surface area (Å²) in [5.74, 6) is 0. The molecule has 1 heterocycles. The molecule has 0 aromatic heterocycles. The first-order valence-corrected chi connectivity index (χ1v) is 5.40. The van der Waals surface area contributed by atoms with Crippen molar-refractivity contribution in [1.29, 1.82) is 0 Å². The zero-order chi connectivity index (χ0) is 9.90. The van der Waals surface area contributed by atoms with Gasteiger partial charge in [-0.2, -0.15) is 0 Å².